The van der Waals surface area contributed by atoms with E-state index in [2.05, 4.69) is 15.1 Å². The van der Waals surface area contributed by atoms with Gasteiger partial charge in [0.15, 0.2) is 5.76 Å². The number of rotatable bonds is 4. The minimum Gasteiger partial charge on any atom is -0.461 e. The van der Waals surface area contributed by atoms with Crippen molar-refractivity contribution in [1.82, 2.24) is 20.0 Å². The summed E-state index contributed by atoms with van der Waals surface area (Å²) >= 11 is 0. The van der Waals surface area contributed by atoms with E-state index in [0.29, 0.717) is 48.8 Å². The molecule has 0 amide bonds. The molecule has 9 nitrogen and oxygen atoms in total. The monoisotopic (exact) mass is 376 g/mol. The van der Waals surface area contributed by atoms with Crippen molar-refractivity contribution in [2.75, 3.05) is 12.8 Å². The van der Waals surface area contributed by atoms with Crippen molar-refractivity contribution in [1.29, 1.82) is 0 Å². The van der Waals surface area contributed by atoms with Gasteiger partial charge in [0, 0.05) is 38.4 Å². The zero-order valence-corrected chi connectivity index (χ0v) is 14.7. The fraction of sp³-hybridized carbons (Fsp3) is 0.312. The van der Waals surface area contributed by atoms with Gasteiger partial charge >= 0.3 is 0 Å². The highest BCUT2D eigenvalue weighted by Gasteiger charge is 2.24. The third-order valence-electron chi connectivity index (χ3n) is 4.19. The average Bonchev–Trinajstić information content (AvgIpc) is 3.25. The fourth-order valence-corrected chi connectivity index (χ4v) is 3.47. The van der Waals surface area contributed by atoms with Crippen LogP contribution >= 0.6 is 0 Å². The molecular weight excluding hydrogens is 360 g/mol. The summed E-state index contributed by atoms with van der Waals surface area (Å²) in [6, 6.07) is 5.35. The van der Waals surface area contributed by atoms with E-state index in [0.717, 1.165) is 11.9 Å². The number of aromatic nitrogens is 3. The number of hydrogen-bond donors (Lipinski definition) is 1. The first kappa shape index (κ1) is 16.7. The van der Waals surface area contributed by atoms with Crippen LogP contribution in [0.2, 0.25) is 0 Å². The predicted octanol–water partition coefficient (Wildman–Crippen LogP) is 0.980. The minimum atomic E-state index is -3.55. The van der Waals surface area contributed by atoms with Crippen LogP contribution in [-0.2, 0) is 29.3 Å². The summed E-state index contributed by atoms with van der Waals surface area (Å²) in [6.45, 7) is 1.50. The van der Waals surface area contributed by atoms with Crippen molar-refractivity contribution < 1.29 is 17.4 Å². The number of fused-ring (bicyclic) bond motifs is 1. The van der Waals surface area contributed by atoms with Crippen molar-refractivity contribution >= 4 is 9.84 Å². The Kier molecular flexibility index (Phi) is 4.00. The molecule has 0 radical (unpaired) electrons. The van der Waals surface area contributed by atoms with Gasteiger partial charge in [-0.2, -0.15) is 0 Å². The van der Waals surface area contributed by atoms with E-state index >= 15 is 0 Å². The summed E-state index contributed by atoms with van der Waals surface area (Å²) in [5.74, 6) is 1.14. The van der Waals surface area contributed by atoms with Crippen molar-refractivity contribution in [3.63, 3.8) is 0 Å². The van der Waals surface area contributed by atoms with Crippen LogP contribution < -0.4 is 5.56 Å². The quantitative estimate of drug-likeness (QED) is 0.669. The molecule has 1 aliphatic rings. The molecule has 0 saturated heterocycles. The maximum Gasteiger partial charge on any atom is 0.256 e. The lowest BCUT2D eigenvalue weighted by molar-refractivity contribution is 0.233. The second-order valence-corrected chi connectivity index (χ2v) is 8.12. The number of furan rings is 1. The molecule has 1 N–H and O–H groups in total. The first-order chi connectivity index (χ1) is 12.4. The van der Waals surface area contributed by atoms with Crippen molar-refractivity contribution in [2.45, 2.75) is 24.7 Å². The summed E-state index contributed by atoms with van der Waals surface area (Å²) in [7, 11) is -3.55. The van der Waals surface area contributed by atoms with Gasteiger partial charge in [0.05, 0.1) is 23.2 Å². The van der Waals surface area contributed by atoms with E-state index < -0.39 is 15.4 Å². The Morgan fingerprint density at radius 3 is 2.92 bits per heavy atom. The van der Waals surface area contributed by atoms with Gasteiger partial charge in [-0.3, -0.25) is 14.7 Å². The molecule has 1 aliphatic heterocycles. The van der Waals surface area contributed by atoms with E-state index in [1.54, 1.807) is 24.5 Å². The van der Waals surface area contributed by atoms with Crippen LogP contribution in [0.5, 0.6) is 0 Å². The topological polar surface area (TPSA) is 122 Å². The van der Waals surface area contributed by atoms with Crippen molar-refractivity contribution in [3.8, 4) is 11.5 Å². The number of nitrogens with zero attached hydrogens (tertiary/aromatic N) is 3. The predicted molar refractivity (Wildman–Crippen MR) is 90.0 cm³/mol. The van der Waals surface area contributed by atoms with Crippen LogP contribution in [-0.4, -0.2) is 41.2 Å². The second-order valence-electron chi connectivity index (χ2n) is 6.19. The van der Waals surface area contributed by atoms with E-state index in [1.807, 2.05) is 4.90 Å². The summed E-state index contributed by atoms with van der Waals surface area (Å²) in [6.07, 6.45) is 3.07. The molecule has 136 valence electrons. The molecule has 4 heterocycles. The van der Waals surface area contributed by atoms with E-state index in [4.69, 9.17) is 8.94 Å². The molecule has 0 atom stereocenters. The van der Waals surface area contributed by atoms with Crippen LogP contribution in [0.25, 0.3) is 11.5 Å². The van der Waals surface area contributed by atoms with Crippen LogP contribution in [0.4, 0.5) is 0 Å². The van der Waals surface area contributed by atoms with Crippen LogP contribution in [0.1, 0.15) is 17.0 Å². The highest BCUT2D eigenvalue weighted by atomic mass is 32.2. The van der Waals surface area contributed by atoms with Gasteiger partial charge in [-0.1, -0.05) is 5.16 Å². The summed E-state index contributed by atoms with van der Waals surface area (Å²) in [4.78, 5) is 20.7. The van der Waals surface area contributed by atoms with Gasteiger partial charge < -0.3 is 8.94 Å². The van der Waals surface area contributed by atoms with Gasteiger partial charge in [0.25, 0.3) is 5.56 Å². The van der Waals surface area contributed by atoms with Gasteiger partial charge in [-0.25, -0.2) is 13.4 Å². The third kappa shape index (κ3) is 3.20. The molecule has 26 heavy (non-hydrogen) atoms. The van der Waals surface area contributed by atoms with Crippen LogP contribution in [0.15, 0.2) is 43.4 Å². The maximum atomic E-state index is 12.3. The smallest absolute Gasteiger partial charge is 0.256 e. The van der Waals surface area contributed by atoms with E-state index in [1.165, 1.54) is 0 Å². The molecule has 0 bridgehead atoms. The van der Waals surface area contributed by atoms with Crippen LogP contribution in [0, 0.1) is 0 Å². The SMILES string of the molecule is CS(=O)(=O)c1nc2c(c(=O)[nH]1)CN(Cc1cc(-c3ccco3)on1)CC2. The Labute approximate surface area is 148 Å². The lowest BCUT2D eigenvalue weighted by Crippen LogP contribution is -2.36. The number of nitrogens with one attached hydrogen (secondary N) is 1. The Balaban J connectivity index is 1.53. The van der Waals surface area contributed by atoms with E-state index in [9.17, 15) is 13.2 Å². The second kappa shape index (κ2) is 6.22. The highest BCUT2D eigenvalue weighted by Crippen LogP contribution is 2.22. The Hall–Kier alpha value is -2.72. The molecule has 0 saturated carbocycles. The molecule has 10 heteroatoms. The summed E-state index contributed by atoms with van der Waals surface area (Å²) in [5.41, 5.74) is 1.31. The van der Waals surface area contributed by atoms with Crippen LogP contribution in [0.3, 0.4) is 0 Å². The number of H-pyrrole nitrogens is 1. The first-order valence-corrected chi connectivity index (χ1v) is 9.83. The molecule has 4 rings (SSSR count). The molecule has 0 aromatic carbocycles. The Morgan fingerprint density at radius 2 is 2.19 bits per heavy atom. The first-order valence-electron chi connectivity index (χ1n) is 7.94. The molecule has 0 fully saturated rings. The summed E-state index contributed by atoms with van der Waals surface area (Å²) < 4.78 is 33.8. The lowest BCUT2D eigenvalue weighted by Gasteiger charge is -2.26. The Bertz CT molecular complexity index is 1100. The van der Waals surface area contributed by atoms with Crippen molar-refractivity contribution in [3.05, 3.63) is 51.8 Å². The average molecular weight is 376 g/mol. The molecule has 3 aromatic heterocycles. The molecule has 3 aromatic rings. The molecular formula is C16H16N4O5S. The highest BCUT2D eigenvalue weighted by molar-refractivity contribution is 7.90. The molecule has 0 spiro atoms. The number of aromatic amines is 1. The van der Waals surface area contributed by atoms with Gasteiger partial charge in [-0.15, -0.1) is 0 Å². The fourth-order valence-electron chi connectivity index (χ4n) is 2.92. The lowest BCUT2D eigenvalue weighted by atomic mass is 10.1. The Morgan fingerprint density at radius 1 is 1.35 bits per heavy atom. The summed E-state index contributed by atoms with van der Waals surface area (Å²) in [5, 5.41) is 3.75. The standard InChI is InChI=1S/C16H16N4O5S/c1-26(22,23)16-17-12-4-5-20(9-11(12)15(21)18-16)8-10-7-14(25-19-10)13-3-2-6-24-13/h2-3,6-7H,4-5,8-9H2,1H3,(H,17,18,21). The zero-order valence-electron chi connectivity index (χ0n) is 13.9. The number of hydrogen-bond acceptors (Lipinski definition) is 8. The molecule has 0 unspecified atom stereocenters. The normalized spacial score (nSPS) is 15.1. The van der Waals surface area contributed by atoms with Gasteiger partial charge in [0.2, 0.25) is 20.8 Å². The van der Waals surface area contributed by atoms with E-state index in [-0.39, 0.29) is 5.16 Å². The number of sulfone groups is 1. The maximum absolute atomic E-state index is 12.3. The molecule has 0 aliphatic carbocycles. The third-order valence-corrected chi connectivity index (χ3v) is 5.08. The largest absolute Gasteiger partial charge is 0.461 e. The van der Waals surface area contributed by atoms with Gasteiger partial charge in [0.1, 0.15) is 0 Å². The minimum absolute atomic E-state index is 0.283. The van der Waals surface area contributed by atoms with Crippen molar-refractivity contribution in [2.24, 2.45) is 0 Å². The van der Waals surface area contributed by atoms with Gasteiger partial charge in [-0.05, 0) is 12.1 Å². The zero-order chi connectivity index (χ0) is 18.3.